The number of hydrogen-bond acceptors (Lipinski definition) is 5. The van der Waals surface area contributed by atoms with Crippen molar-refractivity contribution in [2.45, 2.75) is 6.18 Å². The van der Waals surface area contributed by atoms with Crippen molar-refractivity contribution in [1.29, 1.82) is 0 Å². The quantitative estimate of drug-likeness (QED) is 0.248. The van der Waals surface area contributed by atoms with Crippen molar-refractivity contribution in [3.8, 4) is 17.4 Å². The zero-order valence-corrected chi connectivity index (χ0v) is 18.4. The molecule has 0 radical (unpaired) electrons. The summed E-state index contributed by atoms with van der Waals surface area (Å²) in [5.74, 6) is 1.08. The van der Waals surface area contributed by atoms with Crippen LogP contribution in [0.2, 0.25) is 0 Å². The molecule has 0 aliphatic heterocycles. The number of alkyl halides is 3. The number of methoxy groups -OCH3 is 2. The van der Waals surface area contributed by atoms with Gasteiger partial charge in [0.05, 0.1) is 20.8 Å². The van der Waals surface area contributed by atoms with Gasteiger partial charge in [0.2, 0.25) is 5.88 Å². The zero-order chi connectivity index (χ0) is 20.6. The summed E-state index contributed by atoms with van der Waals surface area (Å²) < 4.78 is 54.3. The molecule has 1 aromatic heterocycles. The summed E-state index contributed by atoms with van der Waals surface area (Å²) in [6.45, 7) is 0.174. The van der Waals surface area contributed by atoms with Gasteiger partial charge in [0.25, 0.3) is 0 Å². The summed E-state index contributed by atoms with van der Waals surface area (Å²) in [4.78, 5) is 7.70. The normalized spacial score (nSPS) is 11.3. The Morgan fingerprint density at radius 3 is 2.48 bits per heavy atom. The molecule has 2 aromatic rings. The van der Waals surface area contributed by atoms with Crippen molar-refractivity contribution in [3.63, 3.8) is 0 Å². The molecule has 0 aliphatic rings. The summed E-state index contributed by atoms with van der Waals surface area (Å²) in [5, 5.41) is 5.99. The van der Waals surface area contributed by atoms with E-state index in [0.29, 0.717) is 23.1 Å². The Balaban J connectivity index is 0.00000420. The minimum atomic E-state index is -4.53. The predicted octanol–water partition coefficient (Wildman–Crippen LogP) is 3.80. The summed E-state index contributed by atoms with van der Waals surface area (Å²) in [6.07, 6.45) is -3.28. The standard InChI is InChI=1S/C18H21F3N4O3.HI/c1-22-17(25-12-6-7-14(26-2)15(11-12)27-3)24-9-10-28-16-13(18(19,20)21)5-4-8-23-16;/h4-8,11H,9-10H2,1-3H3,(H2,22,24,25);1H. The van der Waals surface area contributed by atoms with E-state index in [4.69, 9.17) is 14.2 Å². The molecule has 0 unspecified atom stereocenters. The van der Waals surface area contributed by atoms with E-state index < -0.39 is 17.6 Å². The van der Waals surface area contributed by atoms with Gasteiger partial charge in [0, 0.05) is 25.0 Å². The van der Waals surface area contributed by atoms with Gasteiger partial charge in [0.1, 0.15) is 12.2 Å². The number of guanidine groups is 1. The number of nitrogens with zero attached hydrogens (tertiary/aromatic N) is 2. The van der Waals surface area contributed by atoms with E-state index in [2.05, 4.69) is 20.6 Å². The molecular weight excluding hydrogens is 504 g/mol. The maximum absolute atomic E-state index is 12.9. The molecule has 2 N–H and O–H groups in total. The van der Waals surface area contributed by atoms with Crippen LogP contribution in [0.15, 0.2) is 41.5 Å². The van der Waals surface area contributed by atoms with Crippen molar-refractivity contribution in [2.75, 3.05) is 39.7 Å². The lowest BCUT2D eigenvalue weighted by atomic mass is 10.2. The lowest BCUT2D eigenvalue weighted by Crippen LogP contribution is -2.34. The molecule has 160 valence electrons. The monoisotopic (exact) mass is 526 g/mol. The molecule has 0 atom stereocenters. The average Bonchev–Trinajstić information content (AvgIpc) is 2.69. The fourth-order valence-electron chi connectivity index (χ4n) is 2.27. The molecule has 2 rings (SSSR count). The number of aliphatic imine (C=N–C) groups is 1. The van der Waals surface area contributed by atoms with Crippen LogP contribution < -0.4 is 24.8 Å². The molecule has 0 amide bonds. The van der Waals surface area contributed by atoms with E-state index in [0.717, 1.165) is 6.07 Å². The summed E-state index contributed by atoms with van der Waals surface area (Å²) >= 11 is 0. The highest BCUT2D eigenvalue weighted by Crippen LogP contribution is 2.34. The number of aromatic nitrogens is 1. The van der Waals surface area contributed by atoms with Gasteiger partial charge in [-0.05, 0) is 24.3 Å². The molecular formula is C18H22F3IN4O3. The number of nitrogens with one attached hydrogen (secondary N) is 2. The van der Waals surface area contributed by atoms with E-state index in [1.807, 2.05) is 0 Å². The number of pyridine rings is 1. The Bertz CT molecular complexity index is 819. The van der Waals surface area contributed by atoms with Gasteiger partial charge in [0.15, 0.2) is 17.5 Å². The molecule has 0 aliphatic carbocycles. The first-order valence-electron chi connectivity index (χ1n) is 8.23. The number of benzene rings is 1. The summed E-state index contributed by atoms with van der Waals surface area (Å²) in [6, 6.07) is 7.37. The Morgan fingerprint density at radius 1 is 1.14 bits per heavy atom. The van der Waals surface area contributed by atoms with Crippen LogP contribution in [0.3, 0.4) is 0 Å². The fourth-order valence-corrected chi connectivity index (χ4v) is 2.27. The van der Waals surface area contributed by atoms with Crippen molar-refractivity contribution in [1.82, 2.24) is 10.3 Å². The van der Waals surface area contributed by atoms with Crippen LogP contribution in [-0.2, 0) is 6.18 Å². The highest BCUT2D eigenvalue weighted by Gasteiger charge is 2.34. The van der Waals surface area contributed by atoms with Gasteiger partial charge in [-0.25, -0.2) is 4.98 Å². The SMILES string of the molecule is CN=C(NCCOc1ncccc1C(F)(F)F)Nc1ccc(OC)c(OC)c1.I. The van der Waals surface area contributed by atoms with Crippen LogP contribution in [0.1, 0.15) is 5.56 Å². The minimum absolute atomic E-state index is 0. The Kier molecular flexibility index (Phi) is 9.78. The lowest BCUT2D eigenvalue weighted by Gasteiger charge is -2.15. The fraction of sp³-hybridized carbons (Fsp3) is 0.333. The van der Waals surface area contributed by atoms with E-state index in [9.17, 15) is 13.2 Å². The van der Waals surface area contributed by atoms with Gasteiger partial charge in [-0.1, -0.05) is 0 Å². The summed E-state index contributed by atoms with van der Waals surface area (Å²) in [7, 11) is 4.63. The first-order valence-corrected chi connectivity index (χ1v) is 8.23. The number of ether oxygens (including phenoxy) is 3. The van der Waals surface area contributed by atoms with Crippen molar-refractivity contribution in [3.05, 3.63) is 42.1 Å². The van der Waals surface area contributed by atoms with Crippen LogP contribution in [0.5, 0.6) is 17.4 Å². The molecule has 1 heterocycles. The maximum atomic E-state index is 12.9. The molecule has 0 fully saturated rings. The highest BCUT2D eigenvalue weighted by atomic mass is 127. The van der Waals surface area contributed by atoms with Gasteiger partial charge in [-0.2, -0.15) is 13.2 Å². The van der Waals surface area contributed by atoms with Crippen LogP contribution >= 0.6 is 24.0 Å². The van der Waals surface area contributed by atoms with Gasteiger partial charge in [-0.15, -0.1) is 24.0 Å². The van der Waals surface area contributed by atoms with Crippen molar-refractivity contribution >= 4 is 35.6 Å². The molecule has 0 saturated heterocycles. The second-order valence-corrected chi connectivity index (χ2v) is 5.40. The van der Waals surface area contributed by atoms with Gasteiger partial charge in [-0.3, -0.25) is 4.99 Å². The molecule has 0 spiro atoms. The van der Waals surface area contributed by atoms with Crippen LogP contribution in [0.25, 0.3) is 0 Å². The molecule has 29 heavy (non-hydrogen) atoms. The molecule has 11 heteroatoms. The first kappa shape index (κ1) is 24.6. The number of hydrogen-bond donors (Lipinski definition) is 2. The number of rotatable bonds is 7. The third-order valence-electron chi connectivity index (χ3n) is 3.58. The number of anilines is 1. The van der Waals surface area contributed by atoms with Gasteiger partial charge < -0.3 is 24.8 Å². The lowest BCUT2D eigenvalue weighted by molar-refractivity contribution is -0.139. The molecule has 0 bridgehead atoms. The first-order chi connectivity index (χ1) is 13.4. The van der Waals surface area contributed by atoms with E-state index in [1.165, 1.54) is 26.5 Å². The Labute approximate surface area is 183 Å². The van der Waals surface area contributed by atoms with Crippen LogP contribution in [0, 0.1) is 0 Å². The van der Waals surface area contributed by atoms with E-state index >= 15 is 0 Å². The summed E-state index contributed by atoms with van der Waals surface area (Å²) in [5.41, 5.74) is -0.224. The molecule has 7 nitrogen and oxygen atoms in total. The third-order valence-corrected chi connectivity index (χ3v) is 3.58. The highest BCUT2D eigenvalue weighted by molar-refractivity contribution is 14.0. The molecule has 0 saturated carbocycles. The Hall–Kier alpha value is -2.44. The third kappa shape index (κ3) is 7.15. The van der Waals surface area contributed by atoms with Gasteiger partial charge >= 0.3 is 6.18 Å². The van der Waals surface area contributed by atoms with E-state index in [1.54, 1.807) is 25.2 Å². The van der Waals surface area contributed by atoms with Crippen LogP contribution in [-0.4, -0.2) is 45.4 Å². The van der Waals surface area contributed by atoms with E-state index in [-0.39, 0.29) is 37.1 Å². The average molecular weight is 526 g/mol. The number of halogens is 4. The maximum Gasteiger partial charge on any atom is 0.421 e. The molecule has 1 aromatic carbocycles. The predicted molar refractivity (Wildman–Crippen MR) is 115 cm³/mol. The topological polar surface area (TPSA) is 77.0 Å². The minimum Gasteiger partial charge on any atom is -0.493 e. The van der Waals surface area contributed by atoms with Crippen LogP contribution in [0.4, 0.5) is 18.9 Å². The van der Waals surface area contributed by atoms with Crippen molar-refractivity contribution < 1.29 is 27.4 Å². The Morgan fingerprint density at radius 2 is 1.86 bits per heavy atom. The largest absolute Gasteiger partial charge is 0.493 e. The van der Waals surface area contributed by atoms with Crippen molar-refractivity contribution in [2.24, 2.45) is 4.99 Å². The second-order valence-electron chi connectivity index (χ2n) is 5.40. The zero-order valence-electron chi connectivity index (χ0n) is 16.0. The second kappa shape index (κ2) is 11.5. The smallest absolute Gasteiger partial charge is 0.421 e.